The number of anilines is 1. The van der Waals surface area contributed by atoms with E-state index in [0.29, 0.717) is 5.69 Å². The first-order valence-corrected chi connectivity index (χ1v) is 9.60. The molecule has 0 aromatic heterocycles. The summed E-state index contributed by atoms with van der Waals surface area (Å²) in [5, 5.41) is 4.40. The molecule has 3 atom stereocenters. The van der Waals surface area contributed by atoms with Crippen molar-refractivity contribution in [3.8, 4) is 0 Å². The molecule has 0 spiro atoms. The summed E-state index contributed by atoms with van der Waals surface area (Å²) in [4.78, 5) is 28.2. The Morgan fingerprint density at radius 2 is 1.52 bits per heavy atom. The first-order valence-electron chi connectivity index (χ1n) is 9.60. The Balaban J connectivity index is 1.59. The maximum atomic E-state index is 13.4. The summed E-state index contributed by atoms with van der Waals surface area (Å²) < 4.78 is 0. The van der Waals surface area contributed by atoms with E-state index in [-0.39, 0.29) is 29.8 Å². The van der Waals surface area contributed by atoms with Gasteiger partial charge in [-0.2, -0.15) is 0 Å². The molecular formula is C22H23N3O2. The maximum absolute atomic E-state index is 13.4. The third-order valence-electron chi connectivity index (χ3n) is 6.08. The molecule has 3 aliphatic rings. The van der Waals surface area contributed by atoms with Gasteiger partial charge in [0.2, 0.25) is 5.91 Å². The predicted octanol–water partition coefficient (Wildman–Crippen LogP) is 2.84. The van der Waals surface area contributed by atoms with Crippen molar-refractivity contribution in [1.29, 1.82) is 0 Å². The zero-order valence-corrected chi connectivity index (χ0v) is 15.6. The number of amides is 2. The van der Waals surface area contributed by atoms with E-state index in [0.717, 1.165) is 30.6 Å². The summed E-state index contributed by atoms with van der Waals surface area (Å²) in [6, 6.07) is 15.6. The van der Waals surface area contributed by atoms with E-state index < -0.39 is 0 Å². The van der Waals surface area contributed by atoms with Crippen LogP contribution in [0.3, 0.4) is 0 Å². The Labute approximate surface area is 159 Å². The van der Waals surface area contributed by atoms with Crippen molar-refractivity contribution in [3.05, 3.63) is 65.2 Å². The largest absolute Gasteiger partial charge is 0.274 e. The quantitative estimate of drug-likeness (QED) is 0.772. The third-order valence-corrected chi connectivity index (χ3v) is 6.08. The number of benzene rings is 2. The number of aryl methyl sites for hydroxylation is 2. The van der Waals surface area contributed by atoms with Crippen LogP contribution in [-0.4, -0.2) is 41.0 Å². The van der Waals surface area contributed by atoms with Gasteiger partial charge >= 0.3 is 0 Å². The molecule has 3 aliphatic heterocycles. The number of rotatable bonds is 2. The van der Waals surface area contributed by atoms with Gasteiger partial charge in [-0.15, -0.1) is 0 Å². The molecule has 5 heteroatoms. The molecule has 2 amide bonds. The smallest absolute Gasteiger partial charge is 0.253 e. The lowest BCUT2D eigenvalue weighted by atomic mass is 9.89. The fraction of sp³-hybridized carbons (Fsp3) is 0.364. The van der Waals surface area contributed by atoms with Crippen LogP contribution in [0.15, 0.2) is 48.5 Å². The van der Waals surface area contributed by atoms with Crippen molar-refractivity contribution in [2.24, 2.45) is 5.92 Å². The van der Waals surface area contributed by atoms with Gasteiger partial charge < -0.3 is 0 Å². The van der Waals surface area contributed by atoms with E-state index in [4.69, 9.17) is 0 Å². The molecule has 0 saturated carbocycles. The highest BCUT2D eigenvalue weighted by Crippen LogP contribution is 2.48. The SMILES string of the molecule is Cc1ccc([C@@H]2[C@@H]3C(=O)N(c4cccc(C)c4)C(=O)[C@H]3N3CCCN23)cc1. The van der Waals surface area contributed by atoms with Crippen LogP contribution in [0, 0.1) is 19.8 Å². The molecule has 5 nitrogen and oxygen atoms in total. The topological polar surface area (TPSA) is 43.9 Å². The highest BCUT2D eigenvalue weighted by atomic mass is 16.2. The number of nitrogens with zero attached hydrogens (tertiary/aromatic N) is 3. The van der Waals surface area contributed by atoms with E-state index >= 15 is 0 Å². The van der Waals surface area contributed by atoms with Gasteiger partial charge in [0.25, 0.3) is 5.91 Å². The van der Waals surface area contributed by atoms with E-state index in [1.54, 1.807) is 0 Å². The molecule has 3 saturated heterocycles. The van der Waals surface area contributed by atoms with Crippen LogP contribution < -0.4 is 4.90 Å². The van der Waals surface area contributed by atoms with E-state index in [1.165, 1.54) is 10.5 Å². The number of hydrogen-bond acceptors (Lipinski definition) is 4. The summed E-state index contributed by atoms with van der Waals surface area (Å²) in [5.41, 5.74) is 4.05. The summed E-state index contributed by atoms with van der Waals surface area (Å²) in [7, 11) is 0. The minimum atomic E-state index is -0.383. The number of carbonyl (C=O) groups excluding carboxylic acids is 2. The second kappa shape index (κ2) is 6.01. The monoisotopic (exact) mass is 361 g/mol. The second-order valence-corrected chi connectivity index (χ2v) is 7.86. The Hall–Kier alpha value is -2.50. The molecule has 3 heterocycles. The lowest BCUT2D eigenvalue weighted by Gasteiger charge is -2.29. The molecule has 3 fully saturated rings. The summed E-state index contributed by atoms with van der Waals surface area (Å²) in [6.45, 7) is 5.78. The minimum Gasteiger partial charge on any atom is -0.274 e. The van der Waals surface area contributed by atoms with Gasteiger partial charge in [-0.1, -0.05) is 42.0 Å². The second-order valence-electron chi connectivity index (χ2n) is 7.86. The molecule has 0 N–H and O–H groups in total. The van der Waals surface area contributed by atoms with Gasteiger partial charge in [-0.05, 0) is 43.5 Å². The summed E-state index contributed by atoms with van der Waals surface area (Å²) in [6.07, 6.45) is 1.03. The molecular weight excluding hydrogens is 338 g/mol. The van der Waals surface area contributed by atoms with Gasteiger partial charge in [0.15, 0.2) is 0 Å². The minimum absolute atomic E-state index is 0.0654. The lowest BCUT2D eigenvalue weighted by molar-refractivity contribution is -0.126. The third kappa shape index (κ3) is 2.38. The fourth-order valence-electron chi connectivity index (χ4n) is 4.90. The molecule has 0 radical (unpaired) electrons. The molecule has 0 bridgehead atoms. The van der Waals surface area contributed by atoms with Crippen molar-refractivity contribution in [2.75, 3.05) is 18.0 Å². The zero-order chi connectivity index (χ0) is 18.7. The normalized spacial score (nSPS) is 28.1. The highest BCUT2D eigenvalue weighted by Gasteiger charge is 2.62. The lowest BCUT2D eigenvalue weighted by Crippen LogP contribution is -2.44. The van der Waals surface area contributed by atoms with Gasteiger partial charge in [0, 0.05) is 13.1 Å². The zero-order valence-electron chi connectivity index (χ0n) is 15.6. The van der Waals surface area contributed by atoms with Crippen molar-refractivity contribution >= 4 is 17.5 Å². The van der Waals surface area contributed by atoms with Crippen LogP contribution in [0.2, 0.25) is 0 Å². The van der Waals surface area contributed by atoms with Crippen LogP contribution in [-0.2, 0) is 9.59 Å². The van der Waals surface area contributed by atoms with Crippen LogP contribution in [0.5, 0.6) is 0 Å². The molecule has 138 valence electrons. The fourth-order valence-corrected chi connectivity index (χ4v) is 4.90. The van der Waals surface area contributed by atoms with Crippen LogP contribution in [0.4, 0.5) is 5.69 Å². The van der Waals surface area contributed by atoms with Gasteiger partial charge in [-0.3, -0.25) is 9.59 Å². The molecule has 2 aromatic carbocycles. The number of hydrogen-bond donors (Lipinski definition) is 0. The molecule has 27 heavy (non-hydrogen) atoms. The Morgan fingerprint density at radius 3 is 2.22 bits per heavy atom. The van der Waals surface area contributed by atoms with E-state index in [1.807, 2.05) is 31.2 Å². The van der Waals surface area contributed by atoms with E-state index in [2.05, 4.69) is 41.2 Å². The van der Waals surface area contributed by atoms with Crippen LogP contribution in [0.1, 0.15) is 29.2 Å². The van der Waals surface area contributed by atoms with Crippen molar-refractivity contribution in [1.82, 2.24) is 10.0 Å². The molecule has 0 aliphatic carbocycles. The molecule has 2 aromatic rings. The predicted molar refractivity (Wildman–Crippen MR) is 103 cm³/mol. The Morgan fingerprint density at radius 1 is 0.815 bits per heavy atom. The van der Waals surface area contributed by atoms with Gasteiger partial charge in [0.05, 0.1) is 17.6 Å². The molecule has 5 rings (SSSR count). The number of imide groups is 1. The van der Waals surface area contributed by atoms with E-state index in [9.17, 15) is 9.59 Å². The first kappa shape index (κ1) is 16.7. The van der Waals surface area contributed by atoms with Crippen molar-refractivity contribution < 1.29 is 9.59 Å². The van der Waals surface area contributed by atoms with Crippen molar-refractivity contribution in [2.45, 2.75) is 32.4 Å². The average Bonchev–Trinajstić information content (AvgIpc) is 3.28. The van der Waals surface area contributed by atoms with Crippen molar-refractivity contribution in [3.63, 3.8) is 0 Å². The number of fused-ring (bicyclic) bond motifs is 3. The van der Waals surface area contributed by atoms with Gasteiger partial charge in [-0.25, -0.2) is 14.9 Å². The summed E-state index contributed by atoms with van der Waals surface area (Å²) >= 11 is 0. The Kier molecular flexibility index (Phi) is 3.71. The number of hydrazine groups is 1. The Bertz CT molecular complexity index is 923. The highest BCUT2D eigenvalue weighted by molar-refractivity contribution is 6.24. The summed E-state index contributed by atoms with van der Waals surface area (Å²) in [5.74, 6) is -0.506. The van der Waals surface area contributed by atoms with Gasteiger partial charge in [0.1, 0.15) is 6.04 Å². The number of carbonyl (C=O) groups is 2. The van der Waals surface area contributed by atoms with Crippen LogP contribution >= 0.6 is 0 Å². The maximum Gasteiger partial charge on any atom is 0.253 e. The molecule has 0 unspecified atom stereocenters. The first-order chi connectivity index (χ1) is 13.1. The average molecular weight is 361 g/mol. The standard InChI is InChI=1S/C22H23N3O2/c1-14-7-9-16(10-8-14)19-18-20(24-12-4-11-23(19)24)22(27)25(21(18)26)17-6-3-5-15(2)13-17/h3,5-10,13,18-20H,4,11-12H2,1-2H3/t18-,19+,20-/m0/s1. The van der Waals surface area contributed by atoms with Crippen LogP contribution in [0.25, 0.3) is 0 Å².